The number of benzene rings is 2. The quantitative estimate of drug-likeness (QED) is 0.305. The molecule has 6 rings (SSSR count). The molecule has 0 fully saturated rings. The van der Waals surface area contributed by atoms with Gasteiger partial charge in [0, 0.05) is 33.9 Å². The summed E-state index contributed by atoms with van der Waals surface area (Å²) in [6.07, 6.45) is 3.87. The zero-order chi connectivity index (χ0) is 21.1. The molecule has 31 heavy (non-hydrogen) atoms. The summed E-state index contributed by atoms with van der Waals surface area (Å²) in [6.45, 7) is 0. The number of hydrogen-bond donors (Lipinski definition) is 2. The molecule has 0 amide bonds. The van der Waals surface area contributed by atoms with E-state index in [4.69, 9.17) is 15.5 Å². The normalized spacial score (nSPS) is 16.8. The fraction of sp³-hybridized carbons (Fsp3) is 0.208. The van der Waals surface area contributed by atoms with Gasteiger partial charge < -0.3 is 15.5 Å². The highest BCUT2D eigenvalue weighted by Gasteiger charge is 2.39. The van der Waals surface area contributed by atoms with Crippen molar-refractivity contribution < 1.29 is 9.66 Å². The summed E-state index contributed by atoms with van der Waals surface area (Å²) in [5, 5.41) is 12.8. The summed E-state index contributed by atoms with van der Waals surface area (Å²) < 4.78 is 6.34. The molecule has 1 unspecified atom stereocenters. The van der Waals surface area contributed by atoms with Crippen LogP contribution in [0.4, 0.5) is 11.4 Å². The van der Waals surface area contributed by atoms with Crippen molar-refractivity contribution in [1.29, 1.82) is 0 Å². The van der Waals surface area contributed by atoms with Gasteiger partial charge in [0.2, 0.25) is 5.88 Å². The summed E-state index contributed by atoms with van der Waals surface area (Å²) in [6, 6.07) is 14.7. The molecule has 2 aromatic carbocycles. The maximum atomic E-state index is 11.9. The van der Waals surface area contributed by atoms with E-state index in [1.54, 1.807) is 12.1 Å². The molecule has 0 saturated carbocycles. The van der Waals surface area contributed by atoms with E-state index in [-0.39, 0.29) is 10.6 Å². The van der Waals surface area contributed by atoms with E-state index >= 15 is 0 Å². The molecule has 1 aliphatic carbocycles. The molecular weight excluding hydrogens is 392 g/mol. The van der Waals surface area contributed by atoms with Crippen LogP contribution in [0.3, 0.4) is 0 Å². The van der Waals surface area contributed by atoms with Gasteiger partial charge in [0.25, 0.3) is 5.69 Å². The number of aryl methyl sites for hydroxylation is 1. The average molecular weight is 412 g/mol. The lowest BCUT2D eigenvalue weighted by molar-refractivity contribution is -0.385. The number of aromatic nitrogens is 2. The second-order valence-electron chi connectivity index (χ2n) is 8.14. The maximum absolute atomic E-state index is 11.9. The predicted molar refractivity (Wildman–Crippen MR) is 118 cm³/mol. The second-order valence-corrected chi connectivity index (χ2v) is 8.14. The molecule has 154 valence electrons. The van der Waals surface area contributed by atoms with Gasteiger partial charge in [0.15, 0.2) is 5.75 Å². The van der Waals surface area contributed by atoms with Gasteiger partial charge in [-0.2, -0.15) is 0 Å². The Morgan fingerprint density at radius 1 is 1.10 bits per heavy atom. The number of nitrogens with one attached hydrogen (secondary N) is 1. The summed E-state index contributed by atoms with van der Waals surface area (Å²) in [5.41, 5.74) is 12.4. The Labute approximate surface area is 178 Å². The molecule has 0 bridgehead atoms. The zero-order valence-corrected chi connectivity index (χ0v) is 16.7. The van der Waals surface area contributed by atoms with Gasteiger partial charge in [-0.15, -0.1) is 0 Å². The molecule has 7 heteroatoms. The fourth-order valence-corrected chi connectivity index (χ4v) is 5.02. The molecule has 2 aliphatic rings. The SMILES string of the molecule is Nc1c2c(nc3c1C(c1ccccc1[N+](=O)[O-])c1[nH]c4ccccc4c1O3)CCCC2. The van der Waals surface area contributed by atoms with E-state index in [0.29, 0.717) is 28.4 Å². The fourth-order valence-electron chi connectivity index (χ4n) is 5.02. The Morgan fingerprint density at radius 2 is 1.87 bits per heavy atom. The number of anilines is 1. The number of hydrogen-bond acceptors (Lipinski definition) is 5. The van der Waals surface area contributed by atoms with Gasteiger partial charge >= 0.3 is 0 Å². The number of ether oxygens (including phenoxy) is 1. The first-order valence-electron chi connectivity index (χ1n) is 10.5. The number of rotatable bonds is 2. The first kappa shape index (κ1) is 17.9. The van der Waals surface area contributed by atoms with Crippen LogP contribution >= 0.6 is 0 Å². The lowest BCUT2D eigenvalue weighted by atomic mass is 9.82. The molecule has 3 heterocycles. The highest BCUT2D eigenvalue weighted by atomic mass is 16.6. The van der Waals surface area contributed by atoms with Crippen LogP contribution in [0.25, 0.3) is 10.9 Å². The molecule has 1 atom stereocenters. The molecule has 0 spiro atoms. The number of nitrogens with two attached hydrogens (primary N) is 1. The number of nitrogens with zero attached hydrogens (tertiary/aromatic N) is 2. The Hall–Kier alpha value is -3.87. The number of pyridine rings is 1. The second kappa shape index (κ2) is 6.57. The van der Waals surface area contributed by atoms with E-state index in [0.717, 1.165) is 53.5 Å². The van der Waals surface area contributed by atoms with Crippen molar-refractivity contribution in [2.24, 2.45) is 0 Å². The van der Waals surface area contributed by atoms with Crippen LogP contribution in [0.15, 0.2) is 48.5 Å². The topological polar surface area (TPSA) is 107 Å². The number of aromatic amines is 1. The van der Waals surface area contributed by atoms with Gasteiger partial charge in [-0.3, -0.25) is 10.1 Å². The molecule has 2 aromatic heterocycles. The van der Waals surface area contributed by atoms with Crippen LogP contribution in [0.5, 0.6) is 11.6 Å². The Balaban J connectivity index is 1.70. The number of H-pyrrole nitrogens is 1. The van der Waals surface area contributed by atoms with Crippen LogP contribution in [-0.2, 0) is 12.8 Å². The van der Waals surface area contributed by atoms with Gasteiger partial charge in [0.05, 0.1) is 22.1 Å². The highest BCUT2D eigenvalue weighted by Crippen LogP contribution is 2.53. The smallest absolute Gasteiger partial charge is 0.273 e. The number of nitro benzene ring substituents is 1. The van der Waals surface area contributed by atoms with Crippen molar-refractivity contribution in [2.75, 3.05) is 5.73 Å². The minimum Gasteiger partial charge on any atom is -0.436 e. The lowest BCUT2D eigenvalue weighted by Crippen LogP contribution is -2.20. The van der Waals surface area contributed by atoms with E-state index in [1.165, 1.54) is 6.07 Å². The number of nitro groups is 1. The standard InChI is InChI=1S/C24H20N4O3/c25-21-13-7-1-4-10-16(13)27-24-20(21)19(15-9-3-6-12-18(15)28(29)30)22-23(31-24)14-8-2-5-11-17(14)26-22/h2-3,5-6,8-9,11-12,19,26H,1,4,7,10H2,(H2,25,27). The number of para-hydroxylation sites is 2. The van der Waals surface area contributed by atoms with Crippen molar-refractivity contribution >= 4 is 22.3 Å². The summed E-state index contributed by atoms with van der Waals surface area (Å²) in [4.78, 5) is 19.9. The minimum atomic E-state index is -0.465. The average Bonchev–Trinajstić information content (AvgIpc) is 3.16. The van der Waals surface area contributed by atoms with Crippen molar-refractivity contribution in [3.05, 3.63) is 86.7 Å². The number of nitrogen functional groups attached to an aromatic ring is 1. The van der Waals surface area contributed by atoms with Gasteiger partial charge in [-0.05, 0) is 43.4 Å². The summed E-state index contributed by atoms with van der Waals surface area (Å²) in [7, 11) is 0. The van der Waals surface area contributed by atoms with Crippen molar-refractivity contribution in [3.8, 4) is 11.6 Å². The predicted octanol–water partition coefficient (Wildman–Crippen LogP) is 5.22. The molecule has 1 aliphatic heterocycles. The first-order valence-corrected chi connectivity index (χ1v) is 10.5. The summed E-state index contributed by atoms with van der Waals surface area (Å²) >= 11 is 0. The van der Waals surface area contributed by atoms with Crippen LogP contribution in [0.1, 0.15) is 46.8 Å². The monoisotopic (exact) mass is 412 g/mol. The van der Waals surface area contributed by atoms with Crippen molar-refractivity contribution in [1.82, 2.24) is 9.97 Å². The van der Waals surface area contributed by atoms with E-state index in [9.17, 15) is 10.1 Å². The third kappa shape index (κ3) is 2.56. The summed E-state index contributed by atoms with van der Waals surface area (Å²) in [5.74, 6) is 0.653. The third-order valence-electron chi connectivity index (χ3n) is 6.43. The van der Waals surface area contributed by atoms with E-state index < -0.39 is 5.92 Å². The zero-order valence-electron chi connectivity index (χ0n) is 16.7. The largest absolute Gasteiger partial charge is 0.436 e. The van der Waals surface area contributed by atoms with Crippen LogP contribution in [-0.4, -0.2) is 14.9 Å². The number of fused-ring (bicyclic) bond motifs is 5. The first-order chi connectivity index (χ1) is 15.1. The van der Waals surface area contributed by atoms with Crippen LogP contribution in [0.2, 0.25) is 0 Å². The molecular formula is C24H20N4O3. The van der Waals surface area contributed by atoms with Crippen LogP contribution in [0, 0.1) is 10.1 Å². The van der Waals surface area contributed by atoms with Crippen molar-refractivity contribution in [3.63, 3.8) is 0 Å². The highest BCUT2D eigenvalue weighted by molar-refractivity contribution is 5.90. The lowest BCUT2D eigenvalue weighted by Gasteiger charge is -2.30. The molecule has 0 radical (unpaired) electrons. The molecule has 7 nitrogen and oxygen atoms in total. The van der Waals surface area contributed by atoms with Crippen molar-refractivity contribution in [2.45, 2.75) is 31.6 Å². The van der Waals surface area contributed by atoms with Gasteiger partial charge in [-0.1, -0.05) is 30.3 Å². The van der Waals surface area contributed by atoms with Gasteiger partial charge in [-0.25, -0.2) is 4.98 Å². The van der Waals surface area contributed by atoms with Gasteiger partial charge in [0.1, 0.15) is 0 Å². The minimum absolute atomic E-state index is 0.0575. The molecule has 3 N–H and O–H groups in total. The Morgan fingerprint density at radius 3 is 2.74 bits per heavy atom. The maximum Gasteiger partial charge on any atom is 0.273 e. The molecule has 0 saturated heterocycles. The Bertz CT molecular complexity index is 1380. The van der Waals surface area contributed by atoms with E-state index in [1.807, 2.05) is 30.3 Å². The van der Waals surface area contributed by atoms with Crippen LogP contribution < -0.4 is 10.5 Å². The third-order valence-corrected chi connectivity index (χ3v) is 6.43. The Kier molecular flexibility index (Phi) is 3.80. The van der Waals surface area contributed by atoms with E-state index in [2.05, 4.69) is 4.98 Å². The molecule has 4 aromatic rings.